The van der Waals surface area contributed by atoms with Gasteiger partial charge in [0.2, 0.25) is 10.0 Å². The summed E-state index contributed by atoms with van der Waals surface area (Å²) in [7, 11) is -1.84. The van der Waals surface area contributed by atoms with Gasteiger partial charge in [-0.05, 0) is 37.6 Å². The Morgan fingerprint density at radius 2 is 2.00 bits per heavy atom. The fourth-order valence-corrected chi connectivity index (χ4v) is 5.21. The molecule has 0 saturated carbocycles. The second-order valence-electron chi connectivity index (χ2n) is 7.12. The molecule has 0 aliphatic carbocycles. The summed E-state index contributed by atoms with van der Waals surface area (Å²) < 4.78 is 34.9. The predicted octanol–water partition coefficient (Wildman–Crippen LogP) is 2.56. The van der Waals surface area contributed by atoms with Crippen molar-refractivity contribution in [3.63, 3.8) is 0 Å². The molecular weight excluding hydrogens is 376 g/mol. The molecule has 1 atom stereocenters. The molecule has 0 amide bonds. The van der Waals surface area contributed by atoms with Crippen LogP contribution in [0.1, 0.15) is 23.7 Å². The molecule has 1 saturated heterocycles. The van der Waals surface area contributed by atoms with E-state index >= 15 is 0 Å². The van der Waals surface area contributed by atoms with E-state index in [2.05, 4.69) is 9.55 Å². The summed E-state index contributed by atoms with van der Waals surface area (Å²) in [4.78, 5) is 9.58. The van der Waals surface area contributed by atoms with Crippen molar-refractivity contribution in [3.8, 4) is 0 Å². The molecule has 3 aromatic rings. The van der Waals surface area contributed by atoms with Gasteiger partial charge in [-0.1, -0.05) is 17.7 Å². The Morgan fingerprint density at radius 1 is 1.21 bits per heavy atom. The number of sulfonamides is 1. The van der Waals surface area contributed by atoms with Gasteiger partial charge in [0.25, 0.3) is 0 Å². The normalized spacial score (nSPS) is 18.1. The standard InChI is InChI=1S/C20H24N4O3S/c1-15-5-7-17(8-6-15)28(25,26)23-11-9-16(14-23)19-22-18-4-3-10-21-20(18)24(19)12-13-27-2/h3-8,10,16H,9,11-14H2,1-2H3/t16-/m1/s1. The maximum Gasteiger partial charge on any atom is 0.243 e. The van der Waals surface area contributed by atoms with Crippen molar-refractivity contribution in [2.75, 3.05) is 26.8 Å². The lowest BCUT2D eigenvalue weighted by Crippen LogP contribution is -2.29. The first-order chi connectivity index (χ1) is 13.5. The highest BCUT2D eigenvalue weighted by Gasteiger charge is 2.35. The number of benzene rings is 1. The van der Waals surface area contributed by atoms with Crippen LogP contribution in [-0.2, 0) is 21.3 Å². The molecule has 4 rings (SSSR count). The minimum Gasteiger partial charge on any atom is -0.383 e. The molecule has 1 aliphatic heterocycles. The molecule has 1 aromatic carbocycles. The molecule has 1 fully saturated rings. The number of nitrogens with zero attached hydrogens (tertiary/aromatic N) is 4. The molecule has 28 heavy (non-hydrogen) atoms. The van der Waals surface area contributed by atoms with E-state index in [9.17, 15) is 8.42 Å². The van der Waals surface area contributed by atoms with Gasteiger partial charge in [-0.2, -0.15) is 4.31 Å². The Kier molecular flexibility index (Phi) is 5.18. The van der Waals surface area contributed by atoms with Gasteiger partial charge in [-0.15, -0.1) is 0 Å². The molecule has 2 aromatic heterocycles. The number of rotatable bonds is 6. The van der Waals surface area contributed by atoms with Gasteiger partial charge >= 0.3 is 0 Å². The van der Waals surface area contributed by atoms with Crippen LogP contribution in [0.25, 0.3) is 11.2 Å². The lowest BCUT2D eigenvalue weighted by molar-refractivity contribution is 0.187. The van der Waals surface area contributed by atoms with E-state index in [4.69, 9.17) is 9.72 Å². The number of pyridine rings is 1. The number of aromatic nitrogens is 3. The minimum atomic E-state index is -3.50. The van der Waals surface area contributed by atoms with E-state index in [1.54, 1.807) is 29.7 Å². The third kappa shape index (κ3) is 3.43. The third-order valence-electron chi connectivity index (χ3n) is 5.23. The van der Waals surface area contributed by atoms with E-state index < -0.39 is 10.0 Å². The van der Waals surface area contributed by atoms with Gasteiger partial charge in [-0.3, -0.25) is 0 Å². The molecule has 3 heterocycles. The van der Waals surface area contributed by atoms with Crippen molar-refractivity contribution in [2.24, 2.45) is 0 Å². The van der Waals surface area contributed by atoms with Crippen LogP contribution in [0.2, 0.25) is 0 Å². The first-order valence-electron chi connectivity index (χ1n) is 9.37. The molecule has 0 N–H and O–H groups in total. The van der Waals surface area contributed by atoms with Crippen LogP contribution in [0.3, 0.4) is 0 Å². The smallest absolute Gasteiger partial charge is 0.243 e. The Balaban J connectivity index is 1.63. The number of aryl methyl sites for hydroxylation is 1. The first kappa shape index (κ1) is 19.0. The zero-order valence-electron chi connectivity index (χ0n) is 16.1. The summed E-state index contributed by atoms with van der Waals surface area (Å²) >= 11 is 0. The summed E-state index contributed by atoms with van der Waals surface area (Å²) in [6, 6.07) is 10.8. The summed E-state index contributed by atoms with van der Waals surface area (Å²) in [5.74, 6) is 0.915. The van der Waals surface area contributed by atoms with Crippen molar-refractivity contribution in [1.82, 2.24) is 18.8 Å². The van der Waals surface area contributed by atoms with Crippen LogP contribution in [0.5, 0.6) is 0 Å². The zero-order valence-corrected chi connectivity index (χ0v) is 16.9. The molecule has 7 nitrogen and oxygen atoms in total. The van der Waals surface area contributed by atoms with Gasteiger partial charge in [0.15, 0.2) is 5.65 Å². The molecule has 148 valence electrons. The molecular formula is C20H24N4O3S. The molecule has 0 radical (unpaired) electrons. The molecule has 0 bridgehead atoms. The van der Waals surface area contributed by atoms with Crippen LogP contribution in [0, 0.1) is 6.92 Å². The average molecular weight is 401 g/mol. The highest BCUT2D eigenvalue weighted by molar-refractivity contribution is 7.89. The lowest BCUT2D eigenvalue weighted by Gasteiger charge is -2.17. The fourth-order valence-electron chi connectivity index (χ4n) is 3.71. The van der Waals surface area contributed by atoms with Crippen LogP contribution >= 0.6 is 0 Å². The fraction of sp³-hybridized carbons (Fsp3) is 0.400. The number of hydrogen-bond donors (Lipinski definition) is 0. The zero-order chi connectivity index (χ0) is 19.7. The average Bonchev–Trinajstić information content (AvgIpc) is 3.32. The van der Waals surface area contributed by atoms with E-state index in [-0.39, 0.29) is 5.92 Å². The number of fused-ring (bicyclic) bond motifs is 1. The molecule has 8 heteroatoms. The number of ether oxygens (including phenoxy) is 1. The third-order valence-corrected chi connectivity index (χ3v) is 7.11. The Morgan fingerprint density at radius 3 is 2.75 bits per heavy atom. The topological polar surface area (TPSA) is 77.3 Å². The number of hydrogen-bond acceptors (Lipinski definition) is 5. The lowest BCUT2D eigenvalue weighted by atomic mass is 10.1. The quantitative estimate of drug-likeness (QED) is 0.636. The summed E-state index contributed by atoms with van der Waals surface area (Å²) in [6.07, 6.45) is 2.49. The van der Waals surface area contributed by atoms with Crippen LogP contribution in [0.4, 0.5) is 0 Å². The molecule has 0 unspecified atom stereocenters. The van der Waals surface area contributed by atoms with Crippen molar-refractivity contribution >= 4 is 21.2 Å². The van der Waals surface area contributed by atoms with Crippen LogP contribution in [-0.4, -0.2) is 54.1 Å². The van der Waals surface area contributed by atoms with Crippen molar-refractivity contribution in [2.45, 2.75) is 30.7 Å². The largest absolute Gasteiger partial charge is 0.383 e. The second-order valence-corrected chi connectivity index (χ2v) is 9.06. The van der Waals surface area contributed by atoms with E-state index in [0.717, 1.165) is 29.0 Å². The predicted molar refractivity (Wildman–Crippen MR) is 107 cm³/mol. The van der Waals surface area contributed by atoms with Crippen molar-refractivity contribution in [1.29, 1.82) is 0 Å². The van der Waals surface area contributed by atoms with Crippen LogP contribution < -0.4 is 0 Å². The van der Waals surface area contributed by atoms with Crippen molar-refractivity contribution < 1.29 is 13.2 Å². The van der Waals surface area contributed by atoms with Gasteiger partial charge in [0, 0.05) is 38.9 Å². The highest BCUT2D eigenvalue weighted by atomic mass is 32.2. The van der Waals surface area contributed by atoms with E-state index in [0.29, 0.717) is 31.1 Å². The van der Waals surface area contributed by atoms with E-state index in [1.807, 2.05) is 31.2 Å². The maximum absolute atomic E-state index is 13.0. The first-order valence-corrected chi connectivity index (χ1v) is 10.8. The molecule has 1 aliphatic rings. The Bertz CT molecular complexity index is 1080. The van der Waals surface area contributed by atoms with Gasteiger partial charge in [0.1, 0.15) is 11.3 Å². The van der Waals surface area contributed by atoms with Crippen LogP contribution in [0.15, 0.2) is 47.5 Å². The Hall–Kier alpha value is -2.29. The van der Waals surface area contributed by atoms with Gasteiger partial charge in [-0.25, -0.2) is 18.4 Å². The molecule has 0 spiro atoms. The van der Waals surface area contributed by atoms with Gasteiger partial charge in [0.05, 0.1) is 11.5 Å². The Labute approximate surface area is 165 Å². The summed E-state index contributed by atoms with van der Waals surface area (Å²) in [6.45, 7) is 4.04. The summed E-state index contributed by atoms with van der Waals surface area (Å²) in [5, 5.41) is 0. The maximum atomic E-state index is 13.0. The minimum absolute atomic E-state index is 0.0336. The number of methoxy groups -OCH3 is 1. The SMILES string of the molecule is COCCn1c([C@@H]2CCN(S(=O)(=O)c3ccc(C)cc3)C2)nc2cccnc21. The van der Waals surface area contributed by atoms with Crippen molar-refractivity contribution in [3.05, 3.63) is 54.0 Å². The summed E-state index contributed by atoms with van der Waals surface area (Å²) in [5.41, 5.74) is 2.68. The van der Waals surface area contributed by atoms with E-state index in [1.165, 1.54) is 0 Å². The van der Waals surface area contributed by atoms with Gasteiger partial charge < -0.3 is 9.30 Å². The second kappa shape index (κ2) is 7.62. The number of imidazole rings is 1. The highest BCUT2D eigenvalue weighted by Crippen LogP contribution is 2.32. The monoisotopic (exact) mass is 400 g/mol.